The van der Waals surface area contributed by atoms with E-state index in [9.17, 15) is 4.79 Å². The lowest BCUT2D eigenvalue weighted by atomic mass is 10.2. The van der Waals surface area contributed by atoms with Crippen molar-refractivity contribution in [2.24, 2.45) is 0 Å². The summed E-state index contributed by atoms with van der Waals surface area (Å²) in [5, 5.41) is 20.8. The number of aliphatic carboxylic acids is 1. The van der Waals surface area contributed by atoms with Crippen molar-refractivity contribution in [2.75, 3.05) is 20.3 Å². The molecule has 0 unspecified atom stereocenters. The number of hydrogen-bond donors (Lipinski definition) is 3. The molecule has 0 radical (unpaired) electrons. The number of carbonyl (C=O) groups is 1. The maximum atomic E-state index is 10.4. The van der Waals surface area contributed by atoms with Crippen LogP contribution in [0.3, 0.4) is 0 Å². The average Bonchev–Trinajstić information content (AvgIpc) is 2.36. The minimum absolute atomic E-state index is 0.393. The summed E-state index contributed by atoms with van der Waals surface area (Å²) in [5.74, 6) is -0.161. The molecule has 0 aliphatic carbocycles. The first-order chi connectivity index (χ1) is 9.02. The zero-order valence-electron chi connectivity index (χ0n) is 11.0. The number of carboxylic acids is 1. The molecule has 0 spiro atoms. The number of benzene rings is 1. The van der Waals surface area contributed by atoms with Gasteiger partial charge in [0.25, 0.3) is 0 Å². The Bertz CT molecular complexity index is 419. The summed E-state index contributed by atoms with van der Waals surface area (Å²) in [6.45, 7) is 2.38. The molecule has 6 nitrogen and oxygen atoms in total. The van der Waals surface area contributed by atoms with Crippen molar-refractivity contribution in [1.82, 2.24) is 5.32 Å². The van der Waals surface area contributed by atoms with Crippen molar-refractivity contribution < 1.29 is 24.5 Å². The zero-order chi connectivity index (χ0) is 14.3. The third-order valence-corrected chi connectivity index (χ3v) is 2.35. The molecule has 1 aromatic rings. The highest BCUT2D eigenvalue weighted by Gasteiger charge is 2.07. The van der Waals surface area contributed by atoms with E-state index in [0.29, 0.717) is 24.6 Å². The number of aliphatic hydroxyl groups excluding tert-OH is 1. The fourth-order valence-corrected chi connectivity index (χ4v) is 1.51. The van der Waals surface area contributed by atoms with Gasteiger partial charge in [-0.05, 0) is 24.6 Å². The number of ether oxygens (including phenoxy) is 2. The van der Waals surface area contributed by atoms with Crippen molar-refractivity contribution in [3.63, 3.8) is 0 Å². The monoisotopic (exact) mass is 269 g/mol. The highest BCUT2D eigenvalue weighted by atomic mass is 16.5. The topological polar surface area (TPSA) is 88.0 Å². The molecular weight excluding hydrogens is 250 g/mol. The van der Waals surface area contributed by atoms with Crippen molar-refractivity contribution in [1.29, 1.82) is 0 Å². The van der Waals surface area contributed by atoms with Gasteiger partial charge in [0.05, 0.1) is 13.2 Å². The Morgan fingerprint density at radius 3 is 2.74 bits per heavy atom. The Morgan fingerprint density at radius 1 is 1.42 bits per heavy atom. The minimum Gasteiger partial charge on any atom is -0.493 e. The van der Waals surface area contributed by atoms with Crippen LogP contribution in [0.1, 0.15) is 12.5 Å². The molecule has 0 aromatic heterocycles. The Morgan fingerprint density at radius 2 is 2.16 bits per heavy atom. The normalized spacial score (nSPS) is 11.9. The van der Waals surface area contributed by atoms with Crippen LogP contribution in [-0.4, -0.2) is 42.5 Å². The highest BCUT2D eigenvalue weighted by Crippen LogP contribution is 2.27. The second-order valence-corrected chi connectivity index (χ2v) is 4.15. The molecule has 106 valence electrons. The van der Waals surface area contributed by atoms with Gasteiger partial charge in [0.1, 0.15) is 0 Å². The average molecular weight is 269 g/mol. The van der Waals surface area contributed by atoms with Crippen LogP contribution < -0.4 is 14.8 Å². The van der Waals surface area contributed by atoms with E-state index >= 15 is 0 Å². The fraction of sp³-hybridized carbons (Fsp3) is 0.462. The lowest BCUT2D eigenvalue weighted by Gasteiger charge is -2.12. The largest absolute Gasteiger partial charge is 0.493 e. The van der Waals surface area contributed by atoms with Gasteiger partial charge in [0, 0.05) is 13.1 Å². The zero-order valence-corrected chi connectivity index (χ0v) is 11.0. The second kappa shape index (κ2) is 7.60. The fourth-order valence-electron chi connectivity index (χ4n) is 1.51. The first-order valence-corrected chi connectivity index (χ1v) is 5.93. The number of rotatable bonds is 8. The van der Waals surface area contributed by atoms with E-state index in [1.807, 2.05) is 6.07 Å². The molecular formula is C13H19NO5. The number of nitrogens with one attached hydrogen (secondary N) is 1. The van der Waals surface area contributed by atoms with Crippen LogP contribution in [0.2, 0.25) is 0 Å². The summed E-state index contributed by atoms with van der Waals surface area (Å²) in [6.07, 6.45) is -0.403. The summed E-state index contributed by atoms with van der Waals surface area (Å²) < 4.78 is 10.3. The van der Waals surface area contributed by atoms with Gasteiger partial charge in [-0.15, -0.1) is 0 Å². The quantitative estimate of drug-likeness (QED) is 0.641. The Kier molecular flexibility index (Phi) is 6.11. The third-order valence-electron chi connectivity index (χ3n) is 2.35. The van der Waals surface area contributed by atoms with E-state index in [4.69, 9.17) is 19.7 Å². The van der Waals surface area contributed by atoms with Crippen LogP contribution in [0.4, 0.5) is 0 Å². The molecule has 0 bridgehead atoms. The van der Waals surface area contributed by atoms with Crippen molar-refractivity contribution in [3.05, 3.63) is 23.8 Å². The molecule has 19 heavy (non-hydrogen) atoms. The molecule has 1 rings (SSSR count). The van der Waals surface area contributed by atoms with Crippen LogP contribution in [0.5, 0.6) is 11.5 Å². The van der Waals surface area contributed by atoms with Crippen molar-refractivity contribution >= 4 is 5.97 Å². The lowest BCUT2D eigenvalue weighted by Crippen LogP contribution is -2.23. The maximum Gasteiger partial charge on any atom is 0.341 e. The first-order valence-electron chi connectivity index (χ1n) is 5.93. The smallest absolute Gasteiger partial charge is 0.341 e. The summed E-state index contributed by atoms with van der Waals surface area (Å²) in [5.41, 5.74) is 0.958. The number of carboxylic acid groups (broad SMARTS) is 1. The lowest BCUT2D eigenvalue weighted by molar-refractivity contribution is -0.139. The predicted molar refractivity (Wildman–Crippen MR) is 69.5 cm³/mol. The molecule has 0 aliphatic heterocycles. The summed E-state index contributed by atoms with van der Waals surface area (Å²) in [7, 11) is 1.50. The number of hydrogen-bond acceptors (Lipinski definition) is 5. The molecule has 3 N–H and O–H groups in total. The molecule has 6 heteroatoms. The van der Waals surface area contributed by atoms with E-state index in [-0.39, 0.29) is 0 Å². The first kappa shape index (κ1) is 15.3. The Balaban J connectivity index is 2.64. The van der Waals surface area contributed by atoms with Gasteiger partial charge in [0.2, 0.25) is 0 Å². The Labute approximate surface area is 112 Å². The van der Waals surface area contributed by atoms with E-state index in [1.165, 1.54) is 7.11 Å². The molecule has 1 atom stereocenters. The van der Waals surface area contributed by atoms with Crippen molar-refractivity contribution in [3.8, 4) is 11.5 Å². The van der Waals surface area contributed by atoms with E-state index in [2.05, 4.69) is 5.32 Å². The second-order valence-electron chi connectivity index (χ2n) is 4.15. The van der Waals surface area contributed by atoms with Gasteiger partial charge in [-0.1, -0.05) is 6.07 Å². The molecule has 0 amide bonds. The van der Waals surface area contributed by atoms with E-state index < -0.39 is 18.7 Å². The van der Waals surface area contributed by atoms with Gasteiger partial charge in [-0.3, -0.25) is 0 Å². The van der Waals surface area contributed by atoms with E-state index in [0.717, 1.165) is 5.56 Å². The van der Waals surface area contributed by atoms with Gasteiger partial charge >= 0.3 is 5.97 Å². The molecule has 0 fully saturated rings. The summed E-state index contributed by atoms with van der Waals surface area (Å²) >= 11 is 0. The van der Waals surface area contributed by atoms with E-state index in [1.54, 1.807) is 19.1 Å². The van der Waals surface area contributed by atoms with Crippen molar-refractivity contribution in [2.45, 2.75) is 19.6 Å². The highest BCUT2D eigenvalue weighted by molar-refractivity contribution is 5.68. The summed E-state index contributed by atoms with van der Waals surface area (Å²) in [6, 6.07) is 5.25. The SMILES string of the molecule is COc1cc(CNC[C@H](C)O)ccc1OCC(=O)O. The molecule has 0 saturated heterocycles. The van der Waals surface area contributed by atoms with Crippen LogP contribution >= 0.6 is 0 Å². The van der Waals surface area contributed by atoms with Crippen LogP contribution in [0.25, 0.3) is 0 Å². The van der Waals surface area contributed by atoms with Gasteiger partial charge in [-0.2, -0.15) is 0 Å². The number of aliphatic hydroxyl groups is 1. The molecule has 0 aliphatic rings. The predicted octanol–water partition coefficient (Wildman–Crippen LogP) is 0.629. The molecule has 0 heterocycles. The van der Waals surface area contributed by atoms with Gasteiger partial charge in [-0.25, -0.2) is 4.79 Å². The maximum absolute atomic E-state index is 10.4. The van der Waals surface area contributed by atoms with Gasteiger partial charge in [0.15, 0.2) is 18.1 Å². The molecule has 0 saturated carbocycles. The minimum atomic E-state index is -1.04. The summed E-state index contributed by atoms with van der Waals surface area (Å²) in [4.78, 5) is 10.4. The molecule has 1 aromatic carbocycles. The van der Waals surface area contributed by atoms with Crippen LogP contribution in [0, 0.1) is 0 Å². The van der Waals surface area contributed by atoms with Crippen LogP contribution in [0.15, 0.2) is 18.2 Å². The standard InChI is InChI=1S/C13H19NO5/c1-9(15)6-14-7-10-3-4-11(12(5-10)18-2)19-8-13(16)17/h3-5,9,14-15H,6-8H2,1-2H3,(H,16,17)/t9-/m0/s1. The third kappa shape index (κ3) is 5.58. The van der Waals surface area contributed by atoms with Crippen LogP contribution in [-0.2, 0) is 11.3 Å². The number of methoxy groups -OCH3 is 1. The Hall–Kier alpha value is -1.79. The van der Waals surface area contributed by atoms with Gasteiger partial charge < -0.3 is 25.0 Å².